The highest BCUT2D eigenvalue weighted by atomic mass is 32.1. The van der Waals surface area contributed by atoms with Crippen molar-refractivity contribution in [1.82, 2.24) is 14.8 Å². The first-order valence-electron chi connectivity index (χ1n) is 7.91. The van der Waals surface area contributed by atoms with Crippen molar-refractivity contribution < 1.29 is 4.79 Å². The van der Waals surface area contributed by atoms with Crippen LogP contribution in [0.25, 0.3) is 16.4 Å². The molecule has 6 heteroatoms. The number of aryl methyl sites for hydroxylation is 1. The largest absolute Gasteiger partial charge is 0.310 e. The van der Waals surface area contributed by atoms with Gasteiger partial charge in [-0.15, -0.1) is 11.3 Å². The number of benzene rings is 1. The molecule has 0 spiro atoms. The summed E-state index contributed by atoms with van der Waals surface area (Å²) in [7, 11) is 0. The van der Waals surface area contributed by atoms with E-state index in [1.165, 1.54) is 11.3 Å². The predicted octanol–water partition coefficient (Wildman–Crippen LogP) is 4.29. The van der Waals surface area contributed by atoms with Crippen molar-refractivity contribution in [3.63, 3.8) is 0 Å². The number of aromatic nitrogens is 3. The Kier molecular flexibility index (Phi) is 4.76. The number of nitrogens with zero attached hydrogens (tertiary/aromatic N) is 3. The molecule has 0 saturated carbocycles. The van der Waals surface area contributed by atoms with E-state index in [4.69, 9.17) is 0 Å². The lowest BCUT2D eigenvalue weighted by Gasteiger charge is -2.08. The van der Waals surface area contributed by atoms with Crippen LogP contribution in [0.15, 0.2) is 41.8 Å². The Hall–Kier alpha value is -2.47. The Morgan fingerprint density at radius 3 is 2.75 bits per heavy atom. The van der Waals surface area contributed by atoms with Gasteiger partial charge in [0.2, 0.25) is 11.0 Å². The summed E-state index contributed by atoms with van der Waals surface area (Å²) >= 11 is 1.50. The molecule has 1 N–H and O–H groups in total. The molecule has 24 heavy (non-hydrogen) atoms. The van der Waals surface area contributed by atoms with E-state index in [9.17, 15) is 4.79 Å². The van der Waals surface area contributed by atoms with E-state index in [2.05, 4.69) is 15.4 Å². The molecule has 0 aliphatic carbocycles. The molecule has 1 aromatic carbocycles. The van der Waals surface area contributed by atoms with Crippen LogP contribution < -0.4 is 5.32 Å². The minimum atomic E-state index is -0.00834. The van der Waals surface area contributed by atoms with Crippen molar-refractivity contribution in [2.24, 2.45) is 5.92 Å². The highest BCUT2D eigenvalue weighted by molar-refractivity contribution is 7.12. The van der Waals surface area contributed by atoms with Gasteiger partial charge in [-0.3, -0.25) is 4.79 Å². The van der Waals surface area contributed by atoms with Crippen LogP contribution in [0.3, 0.4) is 0 Å². The molecule has 3 rings (SSSR count). The zero-order valence-corrected chi connectivity index (χ0v) is 14.8. The fourth-order valence-electron chi connectivity index (χ4n) is 2.40. The average molecular weight is 340 g/mol. The van der Waals surface area contributed by atoms with Crippen LogP contribution in [0.2, 0.25) is 0 Å². The summed E-state index contributed by atoms with van der Waals surface area (Å²) in [6.45, 7) is 5.95. The highest BCUT2D eigenvalue weighted by Crippen LogP contribution is 2.26. The van der Waals surface area contributed by atoms with Gasteiger partial charge < -0.3 is 5.32 Å². The molecule has 0 radical (unpaired) electrons. The van der Waals surface area contributed by atoms with Crippen LogP contribution >= 0.6 is 11.3 Å². The van der Waals surface area contributed by atoms with E-state index in [0.717, 1.165) is 22.1 Å². The Morgan fingerprint density at radius 2 is 2.04 bits per heavy atom. The van der Waals surface area contributed by atoms with Gasteiger partial charge in [0.25, 0.3) is 0 Å². The van der Waals surface area contributed by atoms with Crippen LogP contribution in [0, 0.1) is 12.8 Å². The van der Waals surface area contributed by atoms with Gasteiger partial charge in [-0.1, -0.05) is 44.2 Å². The zero-order valence-electron chi connectivity index (χ0n) is 14.0. The fourth-order valence-corrected chi connectivity index (χ4v) is 3.20. The van der Waals surface area contributed by atoms with E-state index in [-0.39, 0.29) is 5.91 Å². The fraction of sp³-hybridized carbons (Fsp3) is 0.278. The first-order chi connectivity index (χ1) is 11.5. The Balaban J connectivity index is 1.88. The maximum absolute atomic E-state index is 12.1. The maximum atomic E-state index is 12.1. The summed E-state index contributed by atoms with van der Waals surface area (Å²) in [5.41, 5.74) is 2.81. The van der Waals surface area contributed by atoms with E-state index in [0.29, 0.717) is 18.2 Å². The second kappa shape index (κ2) is 6.97. The Bertz CT molecular complexity index is 836. The van der Waals surface area contributed by atoms with E-state index < -0.39 is 0 Å². The number of hydrogen-bond donors (Lipinski definition) is 1. The third-order valence-corrected chi connectivity index (χ3v) is 4.25. The lowest BCUT2D eigenvalue weighted by molar-refractivity contribution is -0.116. The molecule has 0 unspecified atom stereocenters. The molecule has 0 fully saturated rings. The summed E-state index contributed by atoms with van der Waals surface area (Å²) in [6, 6.07) is 11.9. The van der Waals surface area contributed by atoms with Crippen LogP contribution in [0.4, 0.5) is 5.82 Å². The predicted molar refractivity (Wildman–Crippen MR) is 97.5 cm³/mol. The SMILES string of the molecule is Cc1cc(NC(=O)CC(C)C)n(-c2nc(-c3ccccc3)cs2)n1. The van der Waals surface area contributed by atoms with Gasteiger partial charge in [-0.2, -0.15) is 9.78 Å². The smallest absolute Gasteiger partial charge is 0.225 e. The summed E-state index contributed by atoms with van der Waals surface area (Å²) in [6.07, 6.45) is 0.483. The monoisotopic (exact) mass is 340 g/mol. The quantitative estimate of drug-likeness (QED) is 0.754. The van der Waals surface area contributed by atoms with E-state index >= 15 is 0 Å². The van der Waals surface area contributed by atoms with Crippen molar-refractivity contribution in [3.05, 3.63) is 47.5 Å². The maximum Gasteiger partial charge on any atom is 0.225 e. The van der Waals surface area contributed by atoms with Crippen molar-refractivity contribution in [2.75, 3.05) is 5.32 Å². The lowest BCUT2D eigenvalue weighted by Crippen LogP contribution is -2.16. The summed E-state index contributed by atoms with van der Waals surface area (Å²) in [5.74, 6) is 0.963. The third-order valence-electron chi connectivity index (χ3n) is 3.44. The molecule has 0 bridgehead atoms. The van der Waals surface area contributed by atoms with Crippen LogP contribution in [-0.2, 0) is 4.79 Å². The molecule has 0 aliphatic heterocycles. The van der Waals surface area contributed by atoms with Gasteiger partial charge in [0, 0.05) is 23.4 Å². The summed E-state index contributed by atoms with van der Waals surface area (Å²) < 4.78 is 1.70. The van der Waals surface area contributed by atoms with Gasteiger partial charge in [0.15, 0.2) is 0 Å². The number of nitrogens with one attached hydrogen (secondary N) is 1. The van der Waals surface area contributed by atoms with Crippen LogP contribution in [-0.4, -0.2) is 20.7 Å². The zero-order chi connectivity index (χ0) is 17.1. The van der Waals surface area contributed by atoms with E-state index in [1.54, 1.807) is 4.68 Å². The van der Waals surface area contributed by atoms with Crippen LogP contribution in [0.1, 0.15) is 26.0 Å². The molecule has 1 amide bonds. The van der Waals surface area contributed by atoms with Crippen molar-refractivity contribution in [3.8, 4) is 16.4 Å². The number of carbonyl (C=O) groups excluding carboxylic acids is 1. The van der Waals surface area contributed by atoms with Crippen LogP contribution in [0.5, 0.6) is 0 Å². The lowest BCUT2D eigenvalue weighted by atomic mass is 10.1. The molecule has 0 atom stereocenters. The summed E-state index contributed by atoms with van der Waals surface area (Å²) in [4.78, 5) is 16.7. The van der Waals surface area contributed by atoms with Gasteiger partial charge in [-0.25, -0.2) is 4.98 Å². The number of rotatable bonds is 5. The molecule has 2 aromatic heterocycles. The van der Waals surface area contributed by atoms with Gasteiger partial charge in [0.05, 0.1) is 11.4 Å². The second-order valence-corrected chi connectivity index (χ2v) is 6.95. The topological polar surface area (TPSA) is 59.8 Å². The minimum absolute atomic E-state index is 0.00834. The molecular weight excluding hydrogens is 320 g/mol. The first-order valence-corrected chi connectivity index (χ1v) is 8.78. The minimum Gasteiger partial charge on any atom is -0.310 e. The number of hydrogen-bond acceptors (Lipinski definition) is 4. The number of carbonyl (C=O) groups is 1. The molecular formula is C18H20N4OS. The molecule has 0 saturated heterocycles. The number of anilines is 1. The summed E-state index contributed by atoms with van der Waals surface area (Å²) in [5, 5.41) is 10.1. The normalized spacial score (nSPS) is 11.0. The second-order valence-electron chi connectivity index (χ2n) is 6.11. The Morgan fingerprint density at radius 1 is 1.29 bits per heavy atom. The molecule has 2 heterocycles. The van der Waals surface area contributed by atoms with Crippen molar-refractivity contribution in [1.29, 1.82) is 0 Å². The molecule has 0 aliphatic rings. The highest BCUT2D eigenvalue weighted by Gasteiger charge is 2.15. The third kappa shape index (κ3) is 3.71. The van der Waals surface area contributed by atoms with Gasteiger partial charge >= 0.3 is 0 Å². The van der Waals surface area contributed by atoms with E-state index in [1.807, 2.05) is 62.5 Å². The number of thiazole rings is 1. The van der Waals surface area contributed by atoms with Crippen molar-refractivity contribution in [2.45, 2.75) is 27.2 Å². The van der Waals surface area contributed by atoms with Gasteiger partial charge in [-0.05, 0) is 12.8 Å². The van der Waals surface area contributed by atoms with Gasteiger partial charge in [0.1, 0.15) is 5.82 Å². The van der Waals surface area contributed by atoms with Crippen molar-refractivity contribution >= 4 is 23.1 Å². The Labute approximate surface area is 145 Å². The average Bonchev–Trinajstić information content (AvgIpc) is 3.14. The molecule has 5 nitrogen and oxygen atoms in total. The number of amides is 1. The molecule has 3 aromatic rings. The standard InChI is InChI=1S/C18H20N4OS/c1-12(2)9-17(23)20-16-10-13(3)21-22(16)18-19-15(11-24-18)14-7-5-4-6-8-14/h4-8,10-12H,9H2,1-3H3,(H,20,23). The first kappa shape index (κ1) is 16.4. The molecule has 124 valence electrons.